The molecule has 3 N–H and O–H groups in total. The van der Waals surface area contributed by atoms with Gasteiger partial charge < -0.3 is 29.9 Å². The molecule has 0 aromatic carbocycles. The number of carbonyl (C=O) groups is 3. The Morgan fingerprint density at radius 2 is 1.63 bits per heavy atom. The first kappa shape index (κ1) is 31.9. The fourth-order valence-electron chi connectivity index (χ4n) is 3.08. The van der Waals surface area contributed by atoms with E-state index in [1.54, 1.807) is 13.8 Å². The van der Waals surface area contributed by atoms with Crippen LogP contribution < -0.4 is 61.8 Å². The van der Waals surface area contributed by atoms with Gasteiger partial charge in [0.05, 0.1) is 38.7 Å². The zero-order chi connectivity index (χ0) is 22.3. The van der Waals surface area contributed by atoms with Crippen molar-refractivity contribution in [3.63, 3.8) is 0 Å². The Hall–Kier alpha value is -0.294. The quantitative estimate of drug-likeness (QED) is 0.127. The minimum atomic E-state index is -1.13. The van der Waals surface area contributed by atoms with Gasteiger partial charge in [-0.15, -0.1) is 0 Å². The molecule has 30 heavy (non-hydrogen) atoms. The maximum atomic E-state index is 12.0. The van der Waals surface area contributed by atoms with Crippen LogP contribution in [-0.2, 0) is 14.4 Å². The third-order valence-corrected chi connectivity index (χ3v) is 5.32. The van der Waals surface area contributed by atoms with Crippen molar-refractivity contribution in [2.75, 3.05) is 39.3 Å². The number of aliphatic hydroxyl groups is 1. The zero-order valence-corrected chi connectivity index (χ0v) is 22.2. The normalized spacial score (nSPS) is 15.1. The summed E-state index contributed by atoms with van der Waals surface area (Å²) in [7, 11) is 0. The minimum absolute atomic E-state index is 0. The number of hydrogen-bond acceptors (Lipinski definition) is 5. The van der Waals surface area contributed by atoms with Crippen molar-refractivity contribution in [1.29, 1.82) is 0 Å². The van der Waals surface area contributed by atoms with Crippen LogP contribution in [0.1, 0.15) is 52.9 Å². The van der Waals surface area contributed by atoms with Crippen LogP contribution >= 0.6 is 0 Å². The van der Waals surface area contributed by atoms with Gasteiger partial charge in [0.25, 0.3) is 0 Å². The van der Waals surface area contributed by atoms with E-state index in [-0.39, 0.29) is 63.9 Å². The van der Waals surface area contributed by atoms with Gasteiger partial charge in [0, 0.05) is 31.1 Å². The number of allylic oxidation sites excluding steroid dienone is 2. The van der Waals surface area contributed by atoms with Crippen molar-refractivity contribution >= 4 is 17.8 Å². The second-order valence-corrected chi connectivity index (χ2v) is 7.76. The summed E-state index contributed by atoms with van der Waals surface area (Å²) in [6.07, 6.45) is 6.76. The van der Waals surface area contributed by atoms with E-state index < -0.39 is 23.8 Å². The van der Waals surface area contributed by atoms with Crippen LogP contribution in [0.15, 0.2) is 12.2 Å². The van der Waals surface area contributed by atoms with Crippen LogP contribution in [0.5, 0.6) is 0 Å². The van der Waals surface area contributed by atoms with Gasteiger partial charge in [-0.05, 0) is 12.8 Å². The molecule has 0 radical (unpaired) electrons. The van der Waals surface area contributed by atoms with Crippen molar-refractivity contribution in [1.82, 2.24) is 5.32 Å². The molecule has 0 fully saturated rings. The summed E-state index contributed by atoms with van der Waals surface area (Å²) in [6.45, 7) is 7.36. The van der Waals surface area contributed by atoms with Crippen LogP contribution in [0.25, 0.3) is 0 Å². The van der Waals surface area contributed by atoms with Gasteiger partial charge in [0.15, 0.2) is 0 Å². The second-order valence-electron chi connectivity index (χ2n) is 7.76. The van der Waals surface area contributed by atoms with E-state index >= 15 is 0 Å². The summed E-state index contributed by atoms with van der Waals surface area (Å²) < 4.78 is 0.363. The van der Waals surface area contributed by atoms with Crippen LogP contribution in [0.4, 0.5) is 0 Å². The molecule has 8 nitrogen and oxygen atoms in total. The number of carboxylic acid groups (broad SMARTS) is 2. The predicted molar refractivity (Wildman–Crippen MR) is 109 cm³/mol. The van der Waals surface area contributed by atoms with Crippen LogP contribution in [0.2, 0.25) is 0 Å². The fraction of sp³-hybridized carbons (Fsp3) is 0.762. The van der Waals surface area contributed by atoms with Gasteiger partial charge in [-0.1, -0.05) is 32.9 Å². The number of carbonyl (C=O) groups excluding carboxylic acids is 2. The fourth-order valence-corrected chi connectivity index (χ4v) is 3.08. The number of aliphatic carboxylic acids is 2. The Morgan fingerprint density at radius 1 is 1.03 bits per heavy atom. The van der Waals surface area contributed by atoms with Gasteiger partial charge in [0.1, 0.15) is 6.54 Å². The molecule has 3 unspecified atom stereocenters. The average Bonchev–Trinajstić information content (AvgIpc) is 2.67. The van der Waals surface area contributed by atoms with E-state index in [0.29, 0.717) is 62.9 Å². The molecule has 3 atom stereocenters. The number of rotatable bonds is 17. The minimum Gasteiger partial charge on any atom is -0.550 e. The first-order valence-electron chi connectivity index (χ1n) is 10.5. The molecule has 0 saturated carbocycles. The molecule has 1 amide bonds. The SMILES string of the molecule is CC/C=C/CCC(=O)NCC[N+](CCO)(CCC(C)C(=O)[O-])CCC(C)C(=O)O.[K+]. The van der Waals surface area contributed by atoms with Crippen LogP contribution in [-0.4, -0.2) is 71.9 Å². The smallest absolute Gasteiger partial charge is 0.550 e. The number of carboxylic acids is 2. The van der Waals surface area contributed by atoms with E-state index in [1.807, 2.05) is 19.1 Å². The topological polar surface area (TPSA) is 127 Å². The molecule has 0 aliphatic carbocycles. The standard InChI is InChI=1S/C21H38N2O6.K/c1-4-5-6-7-8-19(25)22-11-14-23(15-16-24,12-9-17(2)20(26)27)13-10-18(3)21(28)29;/h5-6,17-18,24H,4,7-16H2,1-3H3,(H2-,22,25,26,27,28,29);/q;+1/b6-5+;. The van der Waals surface area contributed by atoms with E-state index in [0.717, 1.165) is 6.42 Å². The monoisotopic (exact) mass is 453 g/mol. The molecule has 0 bridgehead atoms. The van der Waals surface area contributed by atoms with Gasteiger partial charge in [-0.25, -0.2) is 0 Å². The predicted octanol–water partition coefficient (Wildman–Crippen LogP) is -2.45. The zero-order valence-electron chi connectivity index (χ0n) is 19.1. The molecule has 0 aliphatic heterocycles. The van der Waals surface area contributed by atoms with E-state index in [2.05, 4.69) is 5.32 Å². The maximum absolute atomic E-state index is 12.0. The Morgan fingerprint density at radius 3 is 2.13 bits per heavy atom. The van der Waals surface area contributed by atoms with Crippen molar-refractivity contribution in [2.45, 2.75) is 52.9 Å². The Kier molecular flexibility index (Phi) is 19.4. The molecule has 0 aromatic rings. The summed E-state index contributed by atoms with van der Waals surface area (Å²) in [6, 6.07) is 0. The number of hydrogen-bond donors (Lipinski definition) is 3. The van der Waals surface area contributed by atoms with Gasteiger partial charge in [-0.2, -0.15) is 0 Å². The van der Waals surface area contributed by atoms with E-state index in [1.165, 1.54) is 0 Å². The number of amides is 1. The Balaban J connectivity index is 0. The summed E-state index contributed by atoms with van der Waals surface area (Å²) in [5, 5.41) is 32.7. The van der Waals surface area contributed by atoms with Gasteiger partial charge in [0.2, 0.25) is 5.91 Å². The van der Waals surface area contributed by atoms with Gasteiger partial charge >= 0.3 is 57.4 Å². The molecule has 0 spiro atoms. The maximum Gasteiger partial charge on any atom is 1.00 e. The van der Waals surface area contributed by atoms with Crippen LogP contribution in [0, 0.1) is 11.8 Å². The third kappa shape index (κ3) is 14.7. The van der Waals surface area contributed by atoms with Crippen molar-refractivity contribution in [3.8, 4) is 0 Å². The van der Waals surface area contributed by atoms with Gasteiger partial charge in [-0.3, -0.25) is 9.59 Å². The molecule has 168 valence electrons. The Labute approximate surface area is 223 Å². The first-order chi connectivity index (χ1) is 13.7. The number of quaternary nitrogens is 1. The van der Waals surface area contributed by atoms with Crippen molar-refractivity contribution < 1.29 is 85.6 Å². The third-order valence-electron chi connectivity index (χ3n) is 5.32. The largest absolute Gasteiger partial charge is 1.00 e. The average molecular weight is 454 g/mol. The second kappa shape index (κ2) is 18.3. The number of nitrogens with one attached hydrogen (secondary N) is 1. The number of aliphatic hydroxyl groups excluding tert-OH is 1. The molecule has 9 heteroatoms. The molecular weight excluding hydrogens is 415 g/mol. The molecule has 0 rings (SSSR count). The summed E-state index contributed by atoms with van der Waals surface area (Å²) >= 11 is 0. The summed E-state index contributed by atoms with van der Waals surface area (Å²) in [5.41, 5.74) is 0. The van der Waals surface area contributed by atoms with E-state index in [4.69, 9.17) is 5.11 Å². The van der Waals surface area contributed by atoms with E-state index in [9.17, 15) is 24.6 Å². The number of nitrogens with zero attached hydrogens (tertiary/aromatic N) is 1. The molecule has 0 saturated heterocycles. The van der Waals surface area contributed by atoms with Crippen molar-refractivity contribution in [2.24, 2.45) is 11.8 Å². The molecule has 0 heterocycles. The van der Waals surface area contributed by atoms with Crippen LogP contribution in [0.3, 0.4) is 0 Å². The molecular formula is C21H38KN2O6+. The Bertz CT molecular complexity index is 518. The molecule has 0 aromatic heterocycles. The van der Waals surface area contributed by atoms with Crippen molar-refractivity contribution in [3.05, 3.63) is 12.2 Å². The molecule has 0 aliphatic rings. The summed E-state index contributed by atoms with van der Waals surface area (Å²) in [5.74, 6) is -3.24. The summed E-state index contributed by atoms with van der Waals surface area (Å²) in [4.78, 5) is 34.2. The first-order valence-corrected chi connectivity index (χ1v) is 10.5.